The summed E-state index contributed by atoms with van der Waals surface area (Å²) in [6.07, 6.45) is 3.19. The van der Waals surface area contributed by atoms with E-state index in [2.05, 4.69) is 5.32 Å². The SMILES string of the molecule is O=C(O)CC(NC(=O)C1N(C(=O)CCC2CCCC2)CCN1C(=O)c1cccc(F)c1)c1cccc([N+](=O)[O-])c1. The number of halogens is 1. The predicted octanol–water partition coefficient (Wildman–Crippen LogP) is 3.65. The van der Waals surface area contributed by atoms with E-state index in [4.69, 9.17) is 0 Å². The Kier molecular flexibility index (Phi) is 9.08. The smallest absolute Gasteiger partial charge is 0.305 e. The number of carbonyl (C=O) groups excluding carboxylic acids is 3. The lowest BCUT2D eigenvalue weighted by atomic mass is 10.0. The van der Waals surface area contributed by atoms with Gasteiger partial charge in [0.05, 0.1) is 17.4 Å². The van der Waals surface area contributed by atoms with E-state index in [1.54, 1.807) is 0 Å². The van der Waals surface area contributed by atoms with Crippen LogP contribution in [0.2, 0.25) is 0 Å². The number of benzene rings is 2. The van der Waals surface area contributed by atoms with Gasteiger partial charge in [-0.1, -0.05) is 43.9 Å². The summed E-state index contributed by atoms with van der Waals surface area (Å²) >= 11 is 0. The Bertz CT molecular complexity index is 1300. The molecular weight excluding hydrogens is 523 g/mol. The van der Waals surface area contributed by atoms with Crippen molar-refractivity contribution in [2.45, 2.75) is 57.2 Å². The molecule has 1 aliphatic carbocycles. The number of amides is 3. The highest BCUT2D eigenvalue weighted by Gasteiger charge is 2.43. The van der Waals surface area contributed by atoms with Crippen LogP contribution in [0, 0.1) is 21.8 Å². The van der Waals surface area contributed by atoms with Crippen LogP contribution in [0.3, 0.4) is 0 Å². The van der Waals surface area contributed by atoms with Crippen LogP contribution < -0.4 is 5.32 Å². The average molecular weight is 555 g/mol. The molecule has 212 valence electrons. The highest BCUT2D eigenvalue weighted by molar-refractivity contribution is 5.99. The van der Waals surface area contributed by atoms with Gasteiger partial charge in [0.25, 0.3) is 17.5 Å². The maximum Gasteiger partial charge on any atom is 0.305 e. The van der Waals surface area contributed by atoms with Crippen molar-refractivity contribution in [2.75, 3.05) is 13.1 Å². The third-order valence-corrected chi connectivity index (χ3v) is 7.48. The van der Waals surface area contributed by atoms with Gasteiger partial charge in [-0.05, 0) is 36.1 Å². The molecule has 1 saturated heterocycles. The van der Waals surface area contributed by atoms with Crippen LogP contribution >= 0.6 is 0 Å². The van der Waals surface area contributed by atoms with Gasteiger partial charge in [0.2, 0.25) is 5.91 Å². The minimum atomic E-state index is -1.40. The maximum atomic E-state index is 13.9. The van der Waals surface area contributed by atoms with Gasteiger partial charge in [-0.25, -0.2) is 4.39 Å². The Labute approximate surface area is 230 Å². The van der Waals surface area contributed by atoms with Gasteiger partial charge in [-0.15, -0.1) is 0 Å². The number of nitro benzene ring substituents is 1. The number of carbonyl (C=O) groups is 4. The monoisotopic (exact) mass is 554 g/mol. The quantitative estimate of drug-likeness (QED) is 0.336. The number of non-ortho nitro benzene ring substituents is 1. The number of carboxylic acids is 1. The third kappa shape index (κ3) is 6.80. The molecule has 0 aromatic heterocycles. The number of nitrogens with one attached hydrogen (secondary N) is 1. The molecule has 40 heavy (non-hydrogen) atoms. The van der Waals surface area contributed by atoms with E-state index in [9.17, 15) is 38.8 Å². The number of aliphatic carboxylic acids is 1. The van der Waals surface area contributed by atoms with Crippen LogP contribution in [-0.4, -0.2) is 62.8 Å². The molecule has 2 atom stereocenters. The van der Waals surface area contributed by atoms with Crippen molar-refractivity contribution in [2.24, 2.45) is 5.92 Å². The number of nitro groups is 1. The van der Waals surface area contributed by atoms with E-state index in [1.165, 1.54) is 52.3 Å². The van der Waals surface area contributed by atoms with E-state index >= 15 is 0 Å². The number of carboxylic acid groups (broad SMARTS) is 1. The van der Waals surface area contributed by atoms with E-state index < -0.39 is 47.2 Å². The number of nitrogens with zero attached hydrogens (tertiary/aromatic N) is 3. The Morgan fingerprint density at radius 3 is 2.42 bits per heavy atom. The fourth-order valence-electron chi connectivity index (χ4n) is 5.47. The topological polar surface area (TPSA) is 150 Å². The Morgan fingerprint density at radius 1 is 1.05 bits per heavy atom. The van der Waals surface area contributed by atoms with Crippen LogP contribution in [0.1, 0.15) is 66.9 Å². The first-order valence-corrected chi connectivity index (χ1v) is 13.3. The summed E-state index contributed by atoms with van der Waals surface area (Å²) in [5.74, 6) is -3.25. The number of hydrogen-bond acceptors (Lipinski definition) is 6. The van der Waals surface area contributed by atoms with Gasteiger partial charge >= 0.3 is 5.97 Å². The number of rotatable bonds is 10. The summed E-state index contributed by atoms with van der Waals surface area (Å²) in [7, 11) is 0. The summed E-state index contributed by atoms with van der Waals surface area (Å²) in [6, 6.07) is 9.06. The molecule has 0 spiro atoms. The van der Waals surface area contributed by atoms with Crippen molar-refractivity contribution < 1.29 is 33.6 Å². The molecule has 1 heterocycles. The minimum absolute atomic E-state index is 0.00109. The van der Waals surface area contributed by atoms with Crippen molar-refractivity contribution in [3.63, 3.8) is 0 Å². The van der Waals surface area contributed by atoms with Gasteiger partial charge in [0, 0.05) is 37.2 Å². The van der Waals surface area contributed by atoms with Gasteiger partial charge in [-0.2, -0.15) is 0 Å². The second-order valence-corrected chi connectivity index (χ2v) is 10.2. The fourth-order valence-corrected chi connectivity index (χ4v) is 5.47. The molecule has 2 aromatic carbocycles. The first-order valence-electron chi connectivity index (χ1n) is 13.3. The molecule has 2 fully saturated rings. The molecule has 0 radical (unpaired) electrons. The molecule has 2 unspecified atom stereocenters. The van der Waals surface area contributed by atoms with Crippen molar-refractivity contribution in [3.05, 3.63) is 75.6 Å². The molecule has 12 heteroatoms. The standard InChI is InChI=1S/C28H31FN4O7/c29-21-9-3-8-20(15-21)28(38)32-14-13-31(24(34)12-11-18-5-1-2-6-18)27(32)26(37)30-23(17-25(35)36)19-7-4-10-22(16-19)33(39)40/h3-4,7-10,15-16,18,23,27H,1-2,5-6,11-14,17H2,(H,30,37)(H,35,36). The predicted molar refractivity (Wildman–Crippen MR) is 140 cm³/mol. The Hall–Kier alpha value is -4.35. The second kappa shape index (κ2) is 12.7. The van der Waals surface area contributed by atoms with E-state index in [0.29, 0.717) is 12.3 Å². The van der Waals surface area contributed by atoms with E-state index in [-0.39, 0.29) is 42.2 Å². The van der Waals surface area contributed by atoms with Gasteiger partial charge in [0.1, 0.15) is 5.82 Å². The minimum Gasteiger partial charge on any atom is -0.481 e. The number of hydrogen-bond donors (Lipinski definition) is 2. The Balaban J connectivity index is 1.61. The normalized spacial score (nSPS) is 18.0. The second-order valence-electron chi connectivity index (χ2n) is 10.2. The van der Waals surface area contributed by atoms with Gasteiger partial charge in [0.15, 0.2) is 6.17 Å². The molecular formula is C28H31FN4O7. The van der Waals surface area contributed by atoms with Crippen molar-refractivity contribution >= 4 is 29.4 Å². The zero-order chi connectivity index (χ0) is 28.8. The van der Waals surface area contributed by atoms with E-state index in [0.717, 1.165) is 31.7 Å². The highest BCUT2D eigenvalue weighted by Crippen LogP contribution is 2.30. The fraction of sp³-hybridized carbons (Fsp3) is 0.429. The van der Waals surface area contributed by atoms with Crippen LogP contribution in [0.5, 0.6) is 0 Å². The van der Waals surface area contributed by atoms with Crippen LogP contribution in [0.4, 0.5) is 10.1 Å². The highest BCUT2D eigenvalue weighted by atomic mass is 19.1. The molecule has 4 rings (SSSR count). The summed E-state index contributed by atoms with van der Waals surface area (Å²) in [5.41, 5.74) is -0.0986. The molecule has 2 aliphatic rings. The zero-order valence-electron chi connectivity index (χ0n) is 21.8. The largest absolute Gasteiger partial charge is 0.481 e. The first-order chi connectivity index (χ1) is 19.1. The van der Waals surface area contributed by atoms with E-state index in [1.807, 2.05) is 0 Å². The summed E-state index contributed by atoms with van der Waals surface area (Å²) < 4.78 is 13.9. The molecule has 2 aromatic rings. The summed E-state index contributed by atoms with van der Waals surface area (Å²) in [6.45, 7) is 0.0893. The molecule has 1 saturated carbocycles. The molecule has 1 aliphatic heterocycles. The van der Waals surface area contributed by atoms with Gasteiger partial charge in [-0.3, -0.25) is 29.3 Å². The third-order valence-electron chi connectivity index (χ3n) is 7.48. The lowest BCUT2D eigenvalue weighted by molar-refractivity contribution is -0.384. The summed E-state index contributed by atoms with van der Waals surface area (Å²) in [5, 5.41) is 23.3. The zero-order valence-corrected chi connectivity index (χ0v) is 21.8. The van der Waals surface area contributed by atoms with Crippen molar-refractivity contribution in [1.29, 1.82) is 0 Å². The molecule has 2 N–H and O–H groups in total. The summed E-state index contributed by atoms with van der Waals surface area (Å²) in [4.78, 5) is 65.1. The molecule has 3 amide bonds. The first kappa shape index (κ1) is 28.7. The van der Waals surface area contributed by atoms with Crippen LogP contribution in [0.25, 0.3) is 0 Å². The lowest BCUT2D eigenvalue weighted by Crippen LogP contribution is -2.54. The molecule has 0 bridgehead atoms. The van der Waals surface area contributed by atoms with Gasteiger partial charge < -0.3 is 20.2 Å². The van der Waals surface area contributed by atoms with Crippen LogP contribution in [-0.2, 0) is 14.4 Å². The van der Waals surface area contributed by atoms with Crippen LogP contribution in [0.15, 0.2) is 48.5 Å². The average Bonchev–Trinajstić information content (AvgIpc) is 3.61. The Morgan fingerprint density at radius 2 is 1.75 bits per heavy atom. The molecule has 11 nitrogen and oxygen atoms in total. The lowest BCUT2D eigenvalue weighted by Gasteiger charge is -2.31. The maximum absolute atomic E-state index is 13.9. The van der Waals surface area contributed by atoms with Crippen molar-refractivity contribution in [1.82, 2.24) is 15.1 Å². The van der Waals surface area contributed by atoms with Crippen molar-refractivity contribution in [3.8, 4) is 0 Å².